The summed E-state index contributed by atoms with van der Waals surface area (Å²) in [6, 6.07) is 4.73. The molecule has 0 fully saturated rings. The summed E-state index contributed by atoms with van der Waals surface area (Å²) in [5.74, 6) is -2.07. The number of nitrogens with two attached hydrogens (primary N) is 1. The van der Waals surface area contributed by atoms with Crippen LogP contribution in [0.3, 0.4) is 0 Å². The number of carboxylic acids is 1. The minimum absolute atomic E-state index is 0.0232. The summed E-state index contributed by atoms with van der Waals surface area (Å²) in [5, 5.41) is 27.3. The van der Waals surface area contributed by atoms with Gasteiger partial charge in [-0.3, -0.25) is 9.80 Å². The Labute approximate surface area is 174 Å². The van der Waals surface area contributed by atoms with Gasteiger partial charge >= 0.3 is 13.1 Å². The molecule has 12 heteroatoms. The molecular weight excluding hydrogens is 391 g/mol. The summed E-state index contributed by atoms with van der Waals surface area (Å²) in [5.41, 5.74) is 11.8. The van der Waals surface area contributed by atoms with Gasteiger partial charge in [0.2, 0.25) is 5.91 Å². The topological polar surface area (TPSA) is 161 Å². The third-order valence-corrected chi connectivity index (χ3v) is 5.08. The van der Waals surface area contributed by atoms with Gasteiger partial charge in [0.1, 0.15) is 11.3 Å². The first-order chi connectivity index (χ1) is 14.2. The van der Waals surface area contributed by atoms with Crippen molar-refractivity contribution in [3.8, 4) is 5.75 Å². The van der Waals surface area contributed by atoms with Crippen LogP contribution in [0.4, 0.5) is 0 Å². The number of aromatic carboxylic acids is 1. The van der Waals surface area contributed by atoms with E-state index in [1.54, 1.807) is 37.2 Å². The van der Waals surface area contributed by atoms with Crippen LogP contribution in [-0.2, 0) is 11.2 Å². The number of para-hydroxylation sites is 1. The van der Waals surface area contributed by atoms with E-state index in [1.807, 2.05) is 0 Å². The molecule has 8 N–H and O–H groups in total. The monoisotopic (exact) mass is 418 g/mol. The first-order valence-corrected chi connectivity index (χ1v) is 9.67. The van der Waals surface area contributed by atoms with E-state index in [-0.39, 0.29) is 23.6 Å². The lowest BCUT2D eigenvalue weighted by Crippen LogP contribution is -2.62. The molecule has 0 radical (unpaired) electrons. The maximum Gasteiger partial charge on any atom is 0.547 e. The van der Waals surface area contributed by atoms with E-state index in [4.69, 9.17) is 10.4 Å². The number of nitrogens with zero attached hydrogens (tertiary/aromatic N) is 1. The Morgan fingerprint density at radius 1 is 1.43 bits per heavy atom. The number of fused-ring (bicyclic) bond motifs is 1. The summed E-state index contributed by atoms with van der Waals surface area (Å²) in [7, 11) is -1.37. The highest BCUT2D eigenvalue weighted by molar-refractivity contribution is 6.47. The maximum absolute atomic E-state index is 13.0. The molecule has 0 spiro atoms. The van der Waals surface area contributed by atoms with Crippen LogP contribution in [0.1, 0.15) is 29.8 Å². The number of carbonyl (C=O) groups is 2. The van der Waals surface area contributed by atoms with Gasteiger partial charge in [0.15, 0.2) is 0 Å². The van der Waals surface area contributed by atoms with E-state index in [0.717, 1.165) is 5.70 Å². The van der Waals surface area contributed by atoms with Crippen molar-refractivity contribution in [2.75, 3.05) is 19.6 Å². The fourth-order valence-corrected chi connectivity index (χ4v) is 3.24. The Kier molecular flexibility index (Phi) is 6.51. The smallest absolute Gasteiger partial charge is 0.534 e. The average molecular weight is 418 g/mol. The summed E-state index contributed by atoms with van der Waals surface area (Å²) in [6.45, 7) is 5.23. The second kappa shape index (κ2) is 8.92. The number of nitrogens with one attached hydrogen (secondary N) is 4. The van der Waals surface area contributed by atoms with Gasteiger partial charge in [-0.2, -0.15) is 0 Å². The van der Waals surface area contributed by atoms with Gasteiger partial charge in [0, 0.05) is 25.8 Å². The maximum atomic E-state index is 13.0. The molecule has 1 amide bonds. The van der Waals surface area contributed by atoms with Crippen LogP contribution in [0.15, 0.2) is 30.1 Å². The molecule has 0 unspecified atom stereocenters. The lowest BCUT2D eigenvalue weighted by atomic mass is 9.72. The average Bonchev–Trinajstić information content (AvgIpc) is 3.18. The summed E-state index contributed by atoms with van der Waals surface area (Å²) in [4.78, 5) is 24.3. The lowest BCUT2D eigenvalue weighted by molar-refractivity contribution is -0.132. The number of hydrazine groups is 2. The van der Waals surface area contributed by atoms with E-state index in [2.05, 4.69) is 21.6 Å². The first-order valence-electron chi connectivity index (χ1n) is 9.67. The minimum Gasteiger partial charge on any atom is -0.534 e. The molecule has 162 valence electrons. The fourth-order valence-electron chi connectivity index (χ4n) is 3.24. The van der Waals surface area contributed by atoms with Gasteiger partial charge in [-0.25, -0.2) is 4.79 Å². The van der Waals surface area contributed by atoms with Crippen molar-refractivity contribution in [1.82, 2.24) is 26.6 Å². The molecule has 2 heterocycles. The number of benzene rings is 1. The molecule has 2 aliphatic heterocycles. The van der Waals surface area contributed by atoms with Gasteiger partial charge in [-0.15, -0.1) is 5.53 Å². The third-order valence-electron chi connectivity index (χ3n) is 5.08. The second-order valence-corrected chi connectivity index (χ2v) is 7.68. The molecule has 2 aliphatic rings. The molecule has 1 aromatic rings. The van der Waals surface area contributed by atoms with Crippen molar-refractivity contribution in [2.45, 2.75) is 31.7 Å². The Hall–Kier alpha value is -2.80. The predicted octanol–water partition coefficient (Wildman–Crippen LogP) is -1.68. The Morgan fingerprint density at radius 2 is 2.20 bits per heavy atom. The zero-order valence-corrected chi connectivity index (χ0v) is 16.9. The number of rotatable bonds is 8. The van der Waals surface area contributed by atoms with Crippen LogP contribution in [-0.4, -0.2) is 65.2 Å². The van der Waals surface area contributed by atoms with Crippen molar-refractivity contribution in [2.24, 2.45) is 5.73 Å². The van der Waals surface area contributed by atoms with Gasteiger partial charge in [0.25, 0.3) is 0 Å². The summed E-state index contributed by atoms with van der Waals surface area (Å²) in [6.07, 6.45) is 2.03. The summed E-state index contributed by atoms with van der Waals surface area (Å²) >= 11 is 0. The van der Waals surface area contributed by atoms with Gasteiger partial charge in [0.05, 0.1) is 17.2 Å². The molecule has 0 bridgehead atoms. The van der Waals surface area contributed by atoms with Crippen LogP contribution in [0, 0.1) is 0 Å². The SMILES string of the molecule is CC(C)(C(=O)N[C@H]1Cc2cccc(C(=O)O)c2OB1O)N1C=C(CNCCN)NN1. The third kappa shape index (κ3) is 4.51. The summed E-state index contributed by atoms with van der Waals surface area (Å²) < 4.78 is 5.44. The minimum atomic E-state index is -1.37. The van der Waals surface area contributed by atoms with Crippen molar-refractivity contribution in [3.63, 3.8) is 0 Å². The molecule has 30 heavy (non-hydrogen) atoms. The number of carbonyl (C=O) groups excluding carboxylic acids is 1. The Balaban J connectivity index is 1.67. The number of hydrogen-bond donors (Lipinski definition) is 7. The molecule has 3 rings (SSSR count). The largest absolute Gasteiger partial charge is 0.547 e. The van der Waals surface area contributed by atoms with Crippen molar-refractivity contribution >= 4 is 19.0 Å². The predicted molar refractivity (Wildman–Crippen MR) is 110 cm³/mol. The lowest BCUT2D eigenvalue weighted by Gasteiger charge is -2.36. The fraction of sp³-hybridized carbons (Fsp3) is 0.444. The zero-order valence-electron chi connectivity index (χ0n) is 16.9. The molecular formula is C18H27BN6O5. The van der Waals surface area contributed by atoms with Gasteiger partial charge < -0.3 is 36.6 Å². The Bertz CT molecular complexity index is 848. The van der Waals surface area contributed by atoms with Crippen molar-refractivity contribution < 1.29 is 24.4 Å². The van der Waals surface area contributed by atoms with E-state index in [0.29, 0.717) is 25.2 Å². The first kappa shape index (κ1) is 21.9. The van der Waals surface area contributed by atoms with Gasteiger partial charge in [-0.05, 0) is 31.9 Å². The van der Waals surface area contributed by atoms with Crippen LogP contribution in [0.2, 0.25) is 0 Å². The molecule has 0 saturated carbocycles. The molecule has 1 atom stereocenters. The zero-order chi connectivity index (χ0) is 21.9. The van der Waals surface area contributed by atoms with Gasteiger partial charge in [-0.1, -0.05) is 12.1 Å². The molecule has 0 aliphatic carbocycles. The molecule has 11 nitrogen and oxygen atoms in total. The number of amides is 1. The van der Waals surface area contributed by atoms with E-state index < -0.39 is 24.6 Å². The van der Waals surface area contributed by atoms with Crippen molar-refractivity contribution in [1.29, 1.82) is 0 Å². The standard InChI is InChI=1S/C18H27BN6O5/c1-18(2,25-10-12(23-24-25)9-21-7-6-20)17(28)22-14-8-11-4-3-5-13(16(26)27)15(11)30-19(14)29/h3-5,10,14,21,23-24,29H,6-9,20H2,1-2H3,(H,22,28)(H,26,27)/t14-/m0/s1. The van der Waals surface area contributed by atoms with E-state index >= 15 is 0 Å². The quantitative estimate of drug-likeness (QED) is 0.192. The number of carboxylic acid groups (broad SMARTS) is 1. The highest BCUT2D eigenvalue weighted by atomic mass is 16.5. The molecule has 0 aromatic heterocycles. The normalized spacial score (nSPS) is 18.3. The number of hydrogen-bond acceptors (Lipinski definition) is 9. The van der Waals surface area contributed by atoms with E-state index in [1.165, 1.54) is 6.07 Å². The second-order valence-electron chi connectivity index (χ2n) is 7.68. The van der Waals surface area contributed by atoms with E-state index in [9.17, 15) is 19.7 Å². The van der Waals surface area contributed by atoms with Crippen LogP contribution < -0.4 is 32.0 Å². The van der Waals surface area contributed by atoms with Crippen molar-refractivity contribution in [3.05, 3.63) is 41.2 Å². The molecule has 0 saturated heterocycles. The molecule has 1 aromatic carbocycles. The van der Waals surface area contributed by atoms with Crippen LogP contribution in [0.25, 0.3) is 0 Å². The Morgan fingerprint density at radius 3 is 2.90 bits per heavy atom. The van der Waals surface area contributed by atoms with Crippen LogP contribution >= 0.6 is 0 Å². The van der Waals surface area contributed by atoms with Crippen LogP contribution in [0.5, 0.6) is 5.75 Å². The highest BCUT2D eigenvalue weighted by Crippen LogP contribution is 2.30. The highest BCUT2D eigenvalue weighted by Gasteiger charge is 2.42.